The van der Waals surface area contributed by atoms with Crippen molar-refractivity contribution >= 4 is 73.6 Å². The number of halogens is 1. The Balaban J connectivity index is 1.45. The van der Waals surface area contributed by atoms with Gasteiger partial charge in [-0.05, 0) is 61.0 Å². The van der Waals surface area contributed by atoms with Crippen molar-refractivity contribution in [3.8, 4) is 0 Å². The maximum absolute atomic E-state index is 13.2. The van der Waals surface area contributed by atoms with Crippen LogP contribution in [0.1, 0.15) is 20.9 Å². The van der Waals surface area contributed by atoms with Gasteiger partial charge in [0.2, 0.25) is 11.0 Å². The average Bonchev–Trinajstić information content (AvgIpc) is 3.33. The molecule has 4 aromatic rings. The molecule has 0 saturated carbocycles. The van der Waals surface area contributed by atoms with E-state index in [0.29, 0.717) is 16.4 Å². The van der Waals surface area contributed by atoms with Crippen LogP contribution in [0.5, 0.6) is 0 Å². The number of thioether (sulfide) groups is 1. The van der Waals surface area contributed by atoms with Crippen molar-refractivity contribution in [3.05, 3.63) is 105 Å². The first-order valence-corrected chi connectivity index (χ1v) is 13.9. The van der Waals surface area contributed by atoms with Crippen molar-refractivity contribution in [3.63, 3.8) is 0 Å². The lowest BCUT2D eigenvalue weighted by Gasteiger charge is -2.12. The number of nitrogens with zero attached hydrogens (tertiary/aromatic N) is 2. The molecule has 0 spiro atoms. The zero-order chi connectivity index (χ0) is 26.9. The third-order valence-corrected chi connectivity index (χ3v) is 7.22. The third kappa shape index (κ3) is 8.10. The predicted molar refractivity (Wildman–Crippen MR) is 155 cm³/mol. The molecule has 0 bridgehead atoms. The van der Waals surface area contributed by atoms with Crippen LogP contribution in [0.15, 0.2) is 93.9 Å². The van der Waals surface area contributed by atoms with Crippen molar-refractivity contribution in [1.29, 1.82) is 0 Å². The van der Waals surface area contributed by atoms with E-state index in [0.717, 1.165) is 19.9 Å². The summed E-state index contributed by atoms with van der Waals surface area (Å²) in [7, 11) is 0. The normalized spacial score (nSPS) is 11.1. The van der Waals surface area contributed by atoms with E-state index in [1.54, 1.807) is 48.5 Å². The van der Waals surface area contributed by atoms with E-state index < -0.39 is 11.8 Å². The molecule has 1 aromatic heterocycles. The number of hydrogen-bond acceptors (Lipinski definition) is 7. The van der Waals surface area contributed by atoms with E-state index in [2.05, 4.69) is 42.1 Å². The highest BCUT2D eigenvalue weighted by atomic mass is 79.9. The van der Waals surface area contributed by atoms with Crippen LogP contribution in [0.4, 0.5) is 10.8 Å². The van der Waals surface area contributed by atoms with Crippen molar-refractivity contribution in [1.82, 2.24) is 15.5 Å². The molecule has 4 rings (SSSR count). The first-order chi connectivity index (χ1) is 18.4. The molecule has 3 aromatic carbocycles. The zero-order valence-electron chi connectivity index (χ0n) is 20.1. The summed E-state index contributed by atoms with van der Waals surface area (Å²) in [6.45, 7) is 1.81. The minimum atomic E-state index is -0.483. The van der Waals surface area contributed by atoms with Crippen molar-refractivity contribution in [2.75, 3.05) is 16.4 Å². The number of benzene rings is 3. The van der Waals surface area contributed by atoms with Gasteiger partial charge in [0.25, 0.3) is 11.8 Å². The molecule has 3 N–H and O–H groups in total. The highest BCUT2D eigenvalue weighted by Crippen LogP contribution is 2.23. The summed E-state index contributed by atoms with van der Waals surface area (Å²) in [4.78, 5) is 39.1. The van der Waals surface area contributed by atoms with Gasteiger partial charge in [-0.15, -0.1) is 22.0 Å². The van der Waals surface area contributed by atoms with Crippen molar-refractivity contribution in [2.45, 2.75) is 11.8 Å². The monoisotopic (exact) mass is 607 g/mol. The SMILES string of the molecule is Cc1nnc(NC(=O)CSc2cccc(NC(=O)/C(=C/c3ccc(Br)cc3)NC(=O)c3ccccc3)c2)s1. The molecule has 8 nitrogen and oxygen atoms in total. The fourth-order valence-electron chi connectivity index (χ4n) is 3.18. The maximum atomic E-state index is 13.2. The van der Waals surface area contributed by atoms with Gasteiger partial charge in [-0.3, -0.25) is 19.7 Å². The highest BCUT2D eigenvalue weighted by Gasteiger charge is 2.15. The Hall–Kier alpha value is -3.80. The van der Waals surface area contributed by atoms with E-state index in [-0.39, 0.29) is 17.4 Å². The second-order valence-corrected chi connectivity index (χ2v) is 11.0. The molecular weight excluding hydrogens is 586 g/mol. The smallest absolute Gasteiger partial charge is 0.272 e. The number of carbonyl (C=O) groups excluding carboxylic acids is 3. The summed E-state index contributed by atoms with van der Waals surface area (Å²) in [5.74, 6) is -0.921. The van der Waals surface area contributed by atoms with Gasteiger partial charge in [-0.25, -0.2) is 0 Å². The maximum Gasteiger partial charge on any atom is 0.272 e. The van der Waals surface area contributed by atoms with E-state index >= 15 is 0 Å². The first kappa shape index (κ1) is 27.2. The number of aryl methyl sites for hydroxylation is 1. The molecule has 0 aliphatic heterocycles. The molecule has 0 atom stereocenters. The van der Waals surface area contributed by atoms with Gasteiger partial charge in [0.05, 0.1) is 5.75 Å². The molecule has 11 heteroatoms. The van der Waals surface area contributed by atoms with Crippen LogP contribution in [0, 0.1) is 6.92 Å². The lowest BCUT2D eigenvalue weighted by molar-refractivity contribution is -0.114. The lowest BCUT2D eigenvalue weighted by Crippen LogP contribution is -2.30. The van der Waals surface area contributed by atoms with Crippen LogP contribution in [-0.4, -0.2) is 33.7 Å². The Kier molecular flexibility index (Phi) is 9.41. The molecule has 0 fully saturated rings. The second-order valence-electron chi connectivity index (χ2n) is 7.87. The molecule has 3 amide bonds. The van der Waals surface area contributed by atoms with Crippen LogP contribution in [0.25, 0.3) is 6.08 Å². The van der Waals surface area contributed by atoms with E-state index in [1.807, 2.05) is 43.3 Å². The van der Waals surface area contributed by atoms with Crippen LogP contribution in [-0.2, 0) is 9.59 Å². The quantitative estimate of drug-likeness (QED) is 0.165. The van der Waals surface area contributed by atoms with Crippen LogP contribution < -0.4 is 16.0 Å². The molecule has 0 saturated heterocycles. The predicted octanol–water partition coefficient (Wildman–Crippen LogP) is 5.75. The van der Waals surface area contributed by atoms with Gasteiger partial charge < -0.3 is 10.6 Å². The number of carbonyl (C=O) groups is 3. The molecule has 0 aliphatic rings. The van der Waals surface area contributed by atoms with Gasteiger partial charge in [0, 0.05) is 20.6 Å². The molecule has 0 radical (unpaired) electrons. The fourth-order valence-corrected chi connectivity index (χ4v) is 4.81. The standard InChI is InChI=1S/C27H22BrN5O3S2/c1-17-32-33-27(38-17)31-24(34)16-37-22-9-5-8-21(15-22)29-26(36)23(14-18-10-12-20(28)13-11-18)30-25(35)19-6-3-2-4-7-19/h2-15H,16H2,1H3,(H,29,36)(H,30,35)(H,31,33,34)/b23-14-. The topological polar surface area (TPSA) is 113 Å². The van der Waals surface area contributed by atoms with Crippen molar-refractivity contribution in [2.24, 2.45) is 0 Å². The summed E-state index contributed by atoms with van der Waals surface area (Å²) in [5, 5.41) is 17.3. The molecule has 0 aliphatic carbocycles. The first-order valence-electron chi connectivity index (χ1n) is 11.3. The van der Waals surface area contributed by atoms with E-state index in [9.17, 15) is 14.4 Å². The van der Waals surface area contributed by atoms with Crippen molar-refractivity contribution < 1.29 is 14.4 Å². The second kappa shape index (κ2) is 13.1. The molecule has 0 unspecified atom stereocenters. The van der Waals surface area contributed by atoms with E-state index in [1.165, 1.54) is 23.1 Å². The Bertz CT molecular complexity index is 1470. The summed E-state index contributed by atoms with van der Waals surface area (Å²) in [6, 6.07) is 23.2. The lowest BCUT2D eigenvalue weighted by atomic mass is 10.1. The Morgan fingerprint density at radius 3 is 2.42 bits per heavy atom. The number of amides is 3. The van der Waals surface area contributed by atoms with Gasteiger partial charge in [0.15, 0.2) is 0 Å². The minimum Gasteiger partial charge on any atom is -0.321 e. The number of hydrogen-bond donors (Lipinski definition) is 3. The molecular formula is C27H22BrN5O3S2. The number of nitrogens with one attached hydrogen (secondary N) is 3. The number of anilines is 2. The molecule has 38 heavy (non-hydrogen) atoms. The number of aromatic nitrogens is 2. The highest BCUT2D eigenvalue weighted by molar-refractivity contribution is 9.10. The summed E-state index contributed by atoms with van der Waals surface area (Å²) < 4.78 is 0.899. The summed E-state index contributed by atoms with van der Waals surface area (Å²) >= 11 is 6.02. The van der Waals surface area contributed by atoms with Gasteiger partial charge in [-0.2, -0.15) is 0 Å². The van der Waals surface area contributed by atoms with Crippen LogP contribution in [0.2, 0.25) is 0 Å². The number of rotatable bonds is 9. The van der Waals surface area contributed by atoms with Crippen LogP contribution >= 0.6 is 39.0 Å². The van der Waals surface area contributed by atoms with Gasteiger partial charge in [0.1, 0.15) is 10.7 Å². The third-order valence-electron chi connectivity index (χ3n) is 4.94. The summed E-state index contributed by atoms with van der Waals surface area (Å²) in [5.41, 5.74) is 1.79. The van der Waals surface area contributed by atoms with Gasteiger partial charge >= 0.3 is 0 Å². The Morgan fingerprint density at radius 1 is 0.947 bits per heavy atom. The average molecular weight is 609 g/mol. The van der Waals surface area contributed by atoms with Crippen LogP contribution in [0.3, 0.4) is 0 Å². The molecule has 1 heterocycles. The molecule has 192 valence electrons. The van der Waals surface area contributed by atoms with Gasteiger partial charge in [-0.1, -0.05) is 63.7 Å². The summed E-state index contributed by atoms with van der Waals surface area (Å²) in [6.07, 6.45) is 1.61. The minimum absolute atomic E-state index is 0.0889. The zero-order valence-corrected chi connectivity index (χ0v) is 23.3. The Labute approximate surface area is 236 Å². The fraction of sp³-hybridized carbons (Fsp3) is 0.0741. The largest absolute Gasteiger partial charge is 0.321 e. The Morgan fingerprint density at radius 2 is 1.71 bits per heavy atom. The van der Waals surface area contributed by atoms with E-state index in [4.69, 9.17) is 0 Å².